The number of carbonyl (C=O) groups is 2. The van der Waals surface area contributed by atoms with E-state index in [4.69, 9.17) is 40.5 Å². The summed E-state index contributed by atoms with van der Waals surface area (Å²) in [6, 6.07) is 13.5. The molecule has 0 saturated carbocycles. The van der Waals surface area contributed by atoms with E-state index >= 15 is 0 Å². The van der Waals surface area contributed by atoms with Gasteiger partial charge in [0.15, 0.2) is 5.82 Å². The largest absolute Gasteiger partial charge is 0.366 e. The molecular weight excluding hydrogens is 537 g/mol. The molecule has 0 aliphatic carbocycles. The molecule has 0 saturated heterocycles. The van der Waals surface area contributed by atoms with Gasteiger partial charge in [-0.1, -0.05) is 40.9 Å². The van der Waals surface area contributed by atoms with Crippen molar-refractivity contribution in [2.24, 2.45) is 5.73 Å². The minimum atomic E-state index is -0.721. The van der Waals surface area contributed by atoms with Gasteiger partial charge in [0.1, 0.15) is 5.69 Å². The number of primary amides is 1. The van der Waals surface area contributed by atoms with Crippen molar-refractivity contribution in [3.8, 4) is 5.82 Å². The predicted octanol–water partition coefficient (Wildman–Crippen LogP) is 5.29. The topological polar surface area (TPSA) is 121 Å². The molecule has 0 unspecified atom stereocenters. The van der Waals surface area contributed by atoms with Crippen molar-refractivity contribution in [3.05, 3.63) is 98.5 Å². The minimum absolute atomic E-state index is 0.114. The first kappa shape index (κ1) is 24.8. The summed E-state index contributed by atoms with van der Waals surface area (Å²) in [6.07, 6.45) is 3.22. The summed E-state index contributed by atoms with van der Waals surface area (Å²) >= 11 is 18.8. The van der Waals surface area contributed by atoms with Gasteiger partial charge in [-0.05, 0) is 55.0 Å². The number of pyridine rings is 1. The fraction of sp³-hybridized carbons (Fsp3) is 0.0800. The van der Waals surface area contributed by atoms with E-state index in [0.29, 0.717) is 26.3 Å². The Morgan fingerprint density at radius 1 is 1.03 bits per heavy atom. The smallest absolute Gasteiger partial charge is 0.274 e. The molecule has 3 aromatic heterocycles. The molecule has 0 aliphatic heterocycles. The Kier molecular flexibility index (Phi) is 6.59. The molecule has 0 radical (unpaired) electrons. The number of halogens is 3. The van der Waals surface area contributed by atoms with Crippen LogP contribution in [0.15, 0.2) is 60.9 Å². The van der Waals surface area contributed by atoms with Crippen LogP contribution in [0.1, 0.15) is 32.1 Å². The highest BCUT2D eigenvalue weighted by Crippen LogP contribution is 2.28. The van der Waals surface area contributed by atoms with Gasteiger partial charge in [-0.15, -0.1) is 0 Å². The molecule has 2 aromatic carbocycles. The molecule has 0 fully saturated rings. The van der Waals surface area contributed by atoms with Crippen molar-refractivity contribution in [2.75, 3.05) is 5.32 Å². The lowest BCUT2D eigenvalue weighted by Crippen LogP contribution is -2.21. The van der Waals surface area contributed by atoms with Crippen LogP contribution < -0.4 is 11.1 Å². The third-order valence-electron chi connectivity index (χ3n) is 5.77. The van der Waals surface area contributed by atoms with Crippen molar-refractivity contribution in [1.29, 1.82) is 0 Å². The molecule has 0 aliphatic rings. The Morgan fingerprint density at radius 2 is 1.81 bits per heavy atom. The Hall–Kier alpha value is -3.92. The number of nitrogens with one attached hydrogen (secondary N) is 1. The Morgan fingerprint density at radius 3 is 2.57 bits per heavy atom. The van der Waals surface area contributed by atoms with E-state index < -0.39 is 11.8 Å². The lowest BCUT2D eigenvalue weighted by atomic mass is 10.1. The molecule has 9 nitrogen and oxygen atoms in total. The molecule has 3 N–H and O–H groups in total. The van der Waals surface area contributed by atoms with Gasteiger partial charge in [-0.3, -0.25) is 14.3 Å². The number of hydrogen-bond acceptors (Lipinski definition) is 5. The van der Waals surface area contributed by atoms with Crippen molar-refractivity contribution in [2.45, 2.75) is 13.5 Å². The van der Waals surface area contributed by atoms with Crippen molar-refractivity contribution in [3.63, 3.8) is 0 Å². The molecule has 5 rings (SSSR count). The maximum absolute atomic E-state index is 13.5. The van der Waals surface area contributed by atoms with Gasteiger partial charge in [0.05, 0.1) is 45.2 Å². The van der Waals surface area contributed by atoms with Crippen LogP contribution in [0.4, 0.5) is 5.69 Å². The van der Waals surface area contributed by atoms with E-state index in [9.17, 15) is 9.59 Å². The molecule has 186 valence electrons. The summed E-state index contributed by atoms with van der Waals surface area (Å²) in [4.78, 5) is 29.9. The molecule has 2 amide bonds. The zero-order chi connectivity index (χ0) is 26.3. The number of carbonyl (C=O) groups excluding carboxylic acids is 2. The molecule has 0 bridgehead atoms. The van der Waals surface area contributed by atoms with Crippen LogP contribution in [-0.2, 0) is 6.54 Å². The quantitative estimate of drug-likeness (QED) is 0.296. The number of nitrogens with zero attached hydrogens (tertiary/aromatic N) is 5. The molecule has 3 heterocycles. The van der Waals surface area contributed by atoms with E-state index in [1.54, 1.807) is 54.3 Å². The second-order valence-electron chi connectivity index (χ2n) is 8.13. The minimum Gasteiger partial charge on any atom is -0.366 e. The highest BCUT2D eigenvalue weighted by Gasteiger charge is 2.23. The molecule has 37 heavy (non-hydrogen) atoms. The summed E-state index contributed by atoms with van der Waals surface area (Å²) in [5.74, 6) is -1.02. The zero-order valence-corrected chi connectivity index (χ0v) is 21.5. The van der Waals surface area contributed by atoms with Crippen molar-refractivity contribution >= 4 is 63.2 Å². The first-order chi connectivity index (χ1) is 17.7. The number of anilines is 1. The third-order valence-corrected chi connectivity index (χ3v) is 6.81. The molecule has 12 heteroatoms. The summed E-state index contributed by atoms with van der Waals surface area (Å²) < 4.78 is 3.07. The van der Waals surface area contributed by atoms with E-state index in [0.717, 1.165) is 10.9 Å². The van der Waals surface area contributed by atoms with E-state index in [2.05, 4.69) is 20.5 Å². The van der Waals surface area contributed by atoms with Crippen LogP contribution in [0, 0.1) is 6.92 Å². The van der Waals surface area contributed by atoms with Crippen LogP contribution in [0.5, 0.6) is 0 Å². The van der Waals surface area contributed by atoms with Crippen LogP contribution in [0.25, 0.3) is 16.7 Å². The summed E-state index contributed by atoms with van der Waals surface area (Å²) in [7, 11) is 0. The number of amides is 2. The lowest BCUT2D eigenvalue weighted by molar-refractivity contribution is 0.100. The average Bonchev–Trinajstić information content (AvgIpc) is 3.47. The first-order valence-corrected chi connectivity index (χ1v) is 12.1. The summed E-state index contributed by atoms with van der Waals surface area (Å²) in [5.41, 5.74) is 7.81. The maximum Gasteiger partial charge on any atom is 0.274 e. The number of rotatable bonds is 6. The first-order valence-electron chi connectivity index (χ1n) is 10.9. The number of benzene rings is 2. The SMILES string of the molecule is Cc1c(Cl)ccc(NC(=O)c2cc(Cn3ncc4c(Cl)cccc43)nn2-c2ncccc2Cl)c1C(N)=O. The zero-order valence-electron chi connectivity index (χ0n) is 19.2. The van der Waals surface area contributed by atoms with Gasteiger partial charge in [0.25, 0.3) is 11.8 Å². The Labute approximate surface area is 225 Å². The summed E-state index contributed by atoms with van der Waals surface area (Å²) in [6.45, 7) is 1.89. The van der Waals surface area contributed by atoms with Gasteiger partial charge in [-0.25, -0.2) is 9.67 Å². The number of aromatic nitrogens is 5. The summed E-state index contributed by atoms with van der Waals surface area (Å²) in [5, 5.41) is 13.8. The van der Waals surface area contributed by atoms with Gasteiger partial charge in [0.2, 0.25) is 0 Å². The molecular formula is C25H18Cl3N7O2. The number of nitrogens with two attached hydrogens (primary N) is 1. The standard InChI is InChI=1S/C25H18Cl3N7O2/c1-13-16(26)7-8-19(22(13)23(29)36)32-25(37)21-10-14(33-35(21)24-18(28)5-3-9-30-24)12-34-20-6-2-4-17(27)15(20)11-31-34/h2-11H,12H2,1H3,(H2,29,36)(H,32,37). The highest BCUT2D eigenvalue weighted by molar-refractivity contribution is 6.35. The Bertz CT molecular complexity index is 1690. The predicted molar refractivity (Wildman–Crippen MR) is 143 cm³/mol. The molecule has 5 aromatic rings. The normalized spacial score (nSPS) is 11.1. The van der Waals surface area contributed by atoms with E-state index in [1.165, 1.54) is 10.7 Å². The fourth-order valence-electron chi connectivity index (χ4n) is 4.01. The van der Waals surface area contributed by atoms with Gasteiger partial charge in [0, 0.05) is 16.6 Å². The van der Waals surface area contributed by atoms with Crippen LogP contribution in [0.3, 0.4) is 0 Å². The third kappa shape index (κ3) is 4.64. The highest BCUT2D eigenvalue weighted by atomic mass is 35.5. The van der Waals surface area contributed by atoms with Crippen LogP contribution in [-0.4, -0.2) is 36.4 Å². The number of hydrogen-bond donors (Lipinski definition) is 2. The second-order valence-corrected chi connectivity index (χ2v) is 9.35. The van der Waals surface area contributed by atoms with Crippen molar-refractivity contribution in [1.82, 2.24) is 24.5 Å². The van der Waals surface area contributed by atoms with Crippen LogP contribution >= 0.6 is 34.8 Å². The fourth-order valence-corrected chi connectivity index (χ4v) is 4.58. The number of fused-ring (bicyclic) bond motifs is 1. The van der Waals surface area contributed by atoms with E-state index in [-0.39, 0.29) is 29.3 Å². The van der Waals surface area contributed by atoms with Gasteiger partial charge in [-0.2, -0.15) is 10.2 Å². The van der Waals surface area contributed by atoms with Crippen molar-refractivity contribution < 1.29 is 9.59 Å². The van der Waals surface area contributed by atoms with Crippen LogP contribution in [0.2, 0.25) is 15.1 Å². The maximum atomic E-state index is 13.5. The second kappa shape index (κ2) is 9.85. The average molecular weight is 555 g/mol. The molecule has 0 spiro atoms. The van der Waals surface area contributed by atoms with Gasteiger partial charge < -0.3 is 11.1 Å². The lowest BCUT2D eigenvalue weighted by Gasteiger charge is -2.13. The molecule has 0 atom stereocenters. The van der Waals surface area contributed by atoms with E-state index in [1.807, 2.05) is 12.1 Å². The monoisotopic (exact) mass is 553 g/mol. The Balaban J connectivity index is 1.57. The van der Waals surface area contributed by atoms with Gasteiger partial charge >= 0.3 is 0 Å².